The summed E-state index contributed by atoms with van der Waals surface area (Å²) in [5.74, 6) is -0.171. The third-order valence-corrected chi connectivity index (χ3v) is 15.7. The molecule has 0 aromatic heterocycles. The lowest BCUT2D eigenvalue weighted by atomic mass is 9.99. The minimum atomic E-state index is -1.57. The molecule has 1 heterocycles. The van der Waals surface area contributed by atoms with Crippen molar-refractivity contribution in [3.8, 4) is 0 Å². The molecule has 7 unspecified atom stereocenters. The third kappa shape index (κ3) is 44.9. The predicted octanol–water partition coefficient (Wildman–Crippen LogP) is 17.1. The first-order valence-electron chi connectivity index (χ1n) is 32.7. The Morgan fingerprint density at radius 2 is 0.787 bits per heavy atom. The number of hydrogen-bond acceptors (Lipinski definition) is 8. The molecule has 1 fully saturated rings. The van der Waals surface area contributed by atoms with Crippen molar-refractivity contribution in [1.82, 2.24) is 5.32 Å². The highest BCUT2D eigenvalue weighted by atomic mass is 16.7. The van der Waals surface area contributed by atoms with Crippen LogP contribution in [-0.2, 0) is 14.3 Å². The van der Waals surface area contributed by atoms with Gasteiger partial charge in [0.15, 0.2) is 6.29 Å². The van der Waals surface area contributed by atoms with Crippen LogP contribution < -0.4 is 5.32 Å². The molecule has 75 heavy (non-hydrogen) atoms. The van der Waals surface area contributed by atoms with Gasteiger partial charge >= 0.3 is 0 Å². The van der Waals surface area contributed by atoms with E-state index in [2.05, 4.69) is 43.5 Å². The van der Waals surface area contributed by atoms with E-state index in [0.29, 0.717) is 6.42 Å². The Labute approximate surface area is 463 Å². The topological polar surface area (TPSA) is 149 Å². The number of carbonyl (C=O) groups excluding carboxylic acids is 1. The average Bonchev–Trinajstić information content (AvgIpc) is 3.41. The maximum Gasteiger partial charge on any atom is 0.220 e. The fourth-order valence-corrected chi connectivity index (χ4v) is 10.5. The second kappa shape index (κ2) is 55.7. The molecule has 1 aliphatic rings. The summed E-state index contributed by atoms with van der Waals surface area (Å²) in [7, 11) is 0. The third-order valence-electron chi connectivity index (χ3n) is 15.7. The van der Waals surface area contributed by atoms with E-state index in [1.165, 1.54) is 257 Å². The molecule has 0 bridgehead atoms. The van der Waals surface area contributed by atoms with E-state index in [4.69, 9.17) is 9.47 Å². The van der Waals surface area contributed by atoms with Crippen LogP contribution in [0.4, 0.5) is 0 Å². The molecule has 1 rings (SSSR count). The molecule has 6 N–H and O–H groups in total. The van der Waals surface area contributed by atoms with Crippen molar-refractivity contribution in [3.05, 3.63) is 36.5 Å². The molecule has 0 spiro atoms. The maximum atomic E-state index is 13.1. The van der Waals surface area contributed by atoms with E-state index in [0.717, 1.165) is 44.9 Å². The zero-order valence-electron chi connectivity index (χ0n) is 49.3. The van der Waals surface area contributed by atoms with Gasteiger partial charge in [-0.15, -0.1) is 0 Å². The van der Waals surface area contributed by atoms with Crippen molar-refractivity contribution < 1.29 is 39.8 Å². The Morgan fingerprint density at radius 1 is 0.453 bits per heavy atom. The fourth-order valence-electron chi connectivity index (χ4n) is 10.5. The molecular formula is C66H125NO8. The van der Waals surface area contributed by atoms with Crippen molar-refractivity contribution in [1.29, 1.82) is 0 Å². The first kappa shape index (κ1) is 71.4. The fraction of sp³-hybridized carbons (Fsp3) is 0.894. The highest BCUT2D eigenvalue weighted by Crippen LogP contribution is 2.23. The first-order valence-corrected chi connectivity index (χ1v) is 32.7. The molecule has 1 saturated heterocycles. The van der Waals surface area contributed by atoms with Gasteiger partial charge in [-0.25, -0.2) is 0 Å². The number of aliphatic hydroxyl groups excluding tert-OH is 5. The molecule has 7 atom stereocenters. The molecule has 9 nitrogen and oxygen atoms in total. The molecule has 1 amide bonds. The SMILES string of the molecule is CCCCCCC/C=C\C/C=C\CCCCCCCCCCCCCCCCCCCCCCCC(=O)NC(COC1OC(CO)C(O)C(O)C1O)C(O)/C=C/CCCCCCCCCCCCCCCCCCC. The predicted molar refractivity (Wildman–Crippen MR) is 318 cm³/mol. The van der Waals surface area contributed by atoms with Gasteiger partial charge in [-0.05, 0) is 51.4 Å². The van der Waals surface area contributed by atoms with Gasteiger partial charge in [0, 0.05) is 6.42 Å². The summed E-state index contributed by atoms with van der Waals surface area (Å²) in [5, 5.41) is 54.6. The molecule has 0 radical (unpaired) electrons. The largest absolute Gasteiger partial charge is 0.394 e. The molecule has 0 saturated carbocycles. The van der Waals surface area contributed by atoms with Crippen LogP contribution in [0.1, 0.15) is 322 Å². The second-order valence-electron chi connectivity index (χ2n) is 22.9. The van der Waals surface area contributed by atoms with Crippen molar-refractivity contribution in [2.75, 3.05) is 13.2 Å². The quantitative estimate of drug-likeness (QED) is 0.0261. The number of carbonyl (C=O) groups is 1. The Bertz CT molecular complexity index is 1270. The zero-order valence-corrected chi connectivity index (χ0v) is 49.3. The smallest absolute Gasteiger partial charge is 0.220 e. The number of hydrogen-bond donors (Lipinski definition) is 6. The number of rotatable bonds is 57. The van der Waals surface area contributed by atoms with Gasteiger partial charge in [0.05, 0.1) is 25.4 Å². The lowest BCUT2D eigenvalue weighted by Crippen LogP contribution is -2.60. The van der Waals surface area contributed by atoms with Gasteiger partial charge in [0.2, 0.25) is 5.91 Å². The van der Waals surface area contributed by atoms with E-state index in [9.17, 15) is 30.3 Å². The van der Waals surface area contributed by atoms with Crippen LogP contribution in [0.25, 0.3) is 0 Å². The second-order valence-corrected chi connectivity index (χ2v) is 22.9. The number of ether oxygens (including phenoxy) is 2. The molecule has 0 aliphatic carbocycles. The van der Waals surface area contributed by atoms with Crippen LogP contribution in [0.5, 0.6) is 0 Å². The van der Waals surface area contributed by atoms with Crippen LogP contribution in [0.15, 0.2) is 36.5 Å². The van der Waals surface area contributed by atoms with Crippen molar-refractivity contribution >= 4 is 5.91 Å². The summed E-state index contributed by atoms with van der Waals surface area (Å²) in [6.45, 7) is 3.81. The van der Waals surface area contributed by atoms with Gasteiger partial charge in [-0.3, -0.25) is 4.79 Å². The highest BCUT2D eigenvalue weighted by Gasteiger charge is 2.44. The normalized spacial score (nSPS) is 19.1. The van der Waals surface area contributed by atoms with Crippen molar-refractivity contribution in [2.24, 2.45) is 0 Å². The summed E-state index contributed by atoms with van der Waals surface area (Å²) < 4.78 is 11.3. The molecular weight excluding hydrogens is 935 g/mol. The van der Waals surface area contributed by atoms with Crippen LogP contribution in [0.3, 0.4) is 0 Å². The minimum Gasteiger partial charge on any atom is -0.394 e. The van der Waals surface area contributed by atoms with Gasteiger partial charge in [-0.2, -0.15) is 0 Å². The van der Waals surface area contributed by atoms with Gasteiger partial charge in [0.25, 0.3) is 0 Å². The van der Waals surface area contributed by atoms with Crippen LogP contribution in [0, 0.1) is 0 Å². The Kier molecular flexibility index (Phi) is 53.1. The summed E-state index contributed by atoms with van der Waals surface area (Å²) in [4.78, 5) is 13.1. The Balaban J connectivity index is 2.12. The Morgan fingerprint density at radius 3 is 1.15 bits per heavy atom. The number of nitrogens with one attached hydrogen (secondary N) is 1. The van der Waals surface area contributed by atoms with Gasteiger partial charge in [-0.1, -0.05) is 301 Å². The van der Waals surface area contributed by atoms with Crippen LogP contribution >= 0.6 is 0 Å². The molecule has 442 valence electrons. The standard InChI is InChI=1S/C66H125NO8/c1-3-5-7-9-11-13-15-17-19-21-23-24-25-26-27-28-29-30-31-32-33-34-35-36-38-40-42-44-46-48-50-52-54-56-62(70)67-59(58-74-66-65(73)64(72)63(71)61(57-68)75-66)60(69)55-53-51-49-47-45-43-41-39-37-22-20-18-16-14-12-10-8-6-4-2/h15,17,21,23,53,55,59-61,63-66,68-69,71-73H,3-14,16,18-20,22,24-52,54,56-58H2,1-2H3,(H,67,70)/b17-15-,23-21-,55-53+. The summed E-state index contributed by atoms with van der Waals surface area (Å²) >= 11 is 0. The van der Waals surface area contributed by atoms with Gasteiger partial charge < -0.3 is 40.3 Å². The lowest BCUT2D eigenvalue weighted by Gasteiger charge is -2.40. The van der Waals surface area contributed by atoms with Crippen molar-refractivity contribution in [3.63, 3.8) is 0 Å². The Hall–Kier alpha value is -1.59. The van der Waals surface area contributed by atoms with Crippen LogP contribution in [0.2, 0.25) is 0 Å². The van der Waals surface area contributed by atoms with Crippen LogP contribution in [-0.4, -0.2) is 87.5 Å². The van der Waals surface area contributed by atoms with Crippen molar-refractivity contribution in [2.45, 2.75) is 365 Å². The highest BCUT2D eigenvalue weighted by molar-refractivity contribution is 5.76. The minimum absolute atomic E-state index is 0.171. The lowest BCUT2D eigenvalue weighted by molar-refractivity contribution is -0.302. The van der Waals surface area contributed by atoms with E-state index in [1.807, 2.05) is 6.08 Å². The number of allylic oxidation sites excluding steroid dienone is 5. The molecule has 1 aliphatic heterocycles. The molecule has 0 aromatic rings. The summed E-state index contributed by atoms with van der Waals surface area (Å²) in [5.41, 5.74) is 0. The summed E-state index contributed by atoms with van der Waals surface area (Å²) in [6.07, 6.45) is 66.6. The van der Waals surface area contributed by atoms with E-state index in [-0.39, 0.29) is 12.5 Å². The maximum absolute atomic E-state index is 13.1. The molecule has 9 heteroatoms. The van der Waals surface area contributed by atoms with Gasteiger partial charge in [0.1, 0.15) is 24.4 Å². The average molecular weight is 1060 g/mol. The number of unbranched alkanes of at least 4 members (excludes halogenated alkanes) is 43. The monoisotopic (exact) mass is 1060 g/mol. The number of amides is 1. The first-order chi connectivity index (χ1) is 36.8. The van der Waals surface area contributed by atoms with E-state index < -0.39 is 49.5 Å². The number of aliphatic hydroxyl groups is 5. The van der Waals surface area contributed by atoms with E-state index in [1.54, 1.807) is 6.08 Å². The summed E-state index contributed by atoms with van der Waals surface area (Å²) in [6, 6.07) is -0.803. The zero-order chi connectivity index (χ0) is 54.3. The molecule has 0 aromatic carbocycles. The van der Waals surface area contributed by atoms with E-state index >= 15 is 0 Å².